The smallest absolute Gasteiger partial charge is 0.407 e. The standard InChI is InChI=1S/C51H56N10O6/c1-28(2)44(57-50(64)66-4)48(62)60-23-9-13-40(60)46-53-27-37(56-46)31-16-19-34(52-26-31)33-18-17-32(42-38-21-22-39(43(33)42)59(38)3)30-15-20-35-36(25-30)55-47(54-35)41-14-10-24-61(41)49(63)45(58-51(65)67-5)29-11-7-6-8-12-29/h6-8,11-12,15-20,25-28,38-41,44-45H,9-10,13-14,21-24H2,1-5H3,(H,53,56)(H,54,55)(H,57,64)(H,58,65)/t38?,39?,40-,41-,44+,45-/m0/s1. The van der Waals surface area contributed by atoms with Crippen molar-refractivity contribution in [2.45, 2.75) is 88.6 Å². The summed E-state index contributed by atoms with van der Waals surface area (Å²) in [5.74, 6) is 0.965. The number of methoxy groups -OCH3 is 2. The van der Waals surface area contributed by atoms with E-state index < -0.39 is 24.3 Å². The van der Waals surface area contributed by atoms with E-state index in [0.717, 1.165) is 83.5 Å². The van der Waals surface area contributed by atoms with Crippen molar-refractivity contribution in [3.05, 3.63) is 114 Å². The topological polar surface area (TPSA) is 191 Å². The number of carbonyl (C=O) groups excluding carboxylic acids is 4. The Kier molecular flexibility index (Phi) is 11.7. The van der Waals surface area contributed by atoms with Gasteiger partial charge in [0.1, 0.15) is 23.7 Å². The second kappa shape index (κ2) is 18.0. The maximum atomic E-state index is 14.2. The third-order valence-corrected chi connectivity index (χ3v) is 14.3. The summed E-state index contributed by atoms with van der Waals surface area (Å²) in [5.41, 5.74) is 11.1. The van der Waals surface area contributed by atoms with Crippen LogP contribution in [0.5, 0.6) is 0 Å². The molecule has 346 valence electrons. The molecule has 4 aliphatic rings. The molecule has 3 aromatic heterocycles. The number of imidazole rings is 2. The Morgan fingerprint density at radius 1 is 0.687 bits per heavy atom. The third kappa shape index (κ3) is 7.96. The summed E-state index contributed by atoms with van der Waals surface area (Å²) in [4.78, 5) is 80.3. The lowest BCUT2D eigenvalue weighted by Gasteiger charge is -2.30. The van der Waals surface area contributed by atoms with Crippen molar-refractivity contribution in [2.24, 2.45) is 5.92 Å². The van der Waals surface area contributed by atoms with Gasteiger partial charge in [-0.05, 0) is 104 Å². The first-order valence-corrected chi connectivity index (χ1v) is 23.3. The van der Waals surface area contributed by atoms with E-state index in [9.17, 15) is 19.2 Å². The number of H-pyrrole nitrogens is 2. The molecule has 3 aromatic carbocycles. The molecule has 6 atom stereocenters. The van der Waals surface area contributed by atoms with Gasteiger partial charge in [-0.2, -0.15) is 0 Å². The van der Waals surface area contributed by atoms with Crippen LogP contribution in [0.2, 0.25) is 0 Å². The van der Waals surface area contributed by atoms with Gasteiger partial charge in [0.25, 0.3) is 5.91 Å². The average Bonchev–Trinajstić information content (AvgIpc) is 4.23. The zero-order chi connectivity index (χ0) is 46.5. The summed E-state index contributed by atoms with van der Waals surface area (Å²) < 4.78 is 9.68. The average molecular weight is 905 g/mol. The highest BCUT2D eigenvalue weighted by molar-refractivity contribution is 5.89. The van der Waals surface area contributed by atoms with E-state index in [2.05, 4.69) is 75.0 Å². The van der Waals surface area contributed by atoms with Crippen LogP contribution in [-0.2, 0) is 19.1 Å². The number of benzene rings is 3. The molecule has 2 unspecified atom stereocenters. The van der Waals surface area contributed by atoms with Gasteiger partial charge in [0.05, 0.1) is 54.9 Å². The molecule has 0 saturated carbocycles. The van der Waals surface area contributed by atoms with Gasteiger partial charge in [-0.25, -0.2) is 19.6 Å². The van der Waals surface area contributed by atoms with Crippen LogP contribution >= 0.6 is 0 Å². The van der Waals surface area contributed by atoms with Crippen molar-refractivity contribution in [2.75, 3.05) is 34.4 Å². The van der Waals surface area contributed by atoms with Crippen LogP contribution in [-0.4, -0.2) is 104 Å². The molecular weight excluding hydrogens is 849 g/mol. The Bertz CT molecular complexity index is 2840. The molecule has 6 aromatic rings. The number of fused-ring (bicyclic) bond motifs is 6. The first-order chi connectivity index (χ1) is 32.5. The van der Waals surface area contributed by atoms with Crippen LogP contribution in [0.4, 0.5) is 9.59 Å². The largest absolute Gasteiger partial charge is 0.453 e. The number of alkyl carbamates (subject to hydrolysis) is 2. The van der Waals surface area contributed by atoms with E-state index in [1.54, 1.807) is 6.20 Å². The molecule has 16 nitrogen and oxygen atoms in total. The minimum atomic E-state index is -0.891. The van der Waals surface area contributed by atoms with Crippen LogP contribution in [0.3, 0.4) is 0 Å². The van der Waals surface area contributed by atoms with E-state index in [4.69, 9.17) is 24.4 Å². The Hall–Kier alpha value is -7.07. The number of rotatable bonds is 11. The Balaban J connectivity index is 0.900. The predicted octanol–water partition coefficient (Wildman–Crippen LogP) is 8.31. The number of carbonyl (C=O) groups is 4. The van der Waals surface area contributed by atoms with Gasteiger partial charge in [0.15, 0.2) is 0 Å². The van der Waals surface area contributed by atoms with Crippen molar-refractivity contribution in [3.8, 4) is 33.6 Å². The molecule has 0 aliphatic carbocycles. The number of hydrogen-bond donors (Lipinski definition) is 4. The summed E-state index contributed by atoms with van der Waals surface area (Å²) >= 11 is 0. The molecule has 4 N–H and O–H groups in total. The van der Waals surface area contributed by atoms with Gasteiger partial charge < -0.3 is 39.9 Å². The van der Waals surface area contributed by atoms with Gasteiger partial charge in [-0.15, -0.1) is 0 Å². The van der Waals surface area contributed by atoms with Crippen LogP contribution in [0.25, 0.3) is 44.7 Å². The van der Waals surface area contributed by atoms with Crippen molar-refractivity contribution in [1.82, 2.24) is 50.3 Å². The molecule has 7 heterocycles. The first-order valence-electron chi connectivity index (χ1n) is 23.3. The molecule has 67 heavy (non-hydrogen) atoms. The van der Waals surface area contributed by atoms with Crippen LogP contribution in [0, 0.1) is 5.92 Å². The molecule has 10 rings (SSSR count). The number of aromatic nitrogens is 5. The summed E-state index contributed by atoms with van der Waals surface area (Å²) in [7, 11) is 4.81. The molecule has 0 spiro atoms. The molecule has 3 fully saturated rings. The summed E-state index contributed by atoms with van der Waals surface area (Å²) in [5, 5.41) is 5.47. The van der Waals surface area contributed by atoms with Crippen molar-refractivity contribution >= 4 is 35.0 Å². The van der Waals surface area contributed by atoms with Crippen molar-refractivity contribution in [1.29, 1.82) is 0 Å². The number of amides is 4. The zero-order valence-corrected chi connectivity index (χ0v) is 38.4. The van der Waals surface area contributed by atoms with E-state index in [1.807, 2.05) is 60.2 Å². The second-order valence-electron chi connectivity index (χ2n) is 18.4. The monoisotopic (exact) mass is 904 g/mol. The van der Waals surface area contributed by atoms with E-state index in [-0.39, 0.29) is 41.9 Å². The highest BCUT2D eigenvalue weighted by Gasteiger charge is 2.45. The molecule has 2 bridgehead atoms. The van der Waals surface area contributed by atoms with E-state index in [1.165, 1.54) is 30.9 Å². The van der Waals surface area contributed by atoms with Crippen LogP contribution in [0.15, 0.2) is 85.2 Å². The SMILES string of the molecule is COC(=O)N[C@H](C(=O)N1CCC[C@H]1c1nc2ccc(-c3ccc(-c4ccc(-c5cnc([C@@H]6CCCN6C(=O)[C@H](NC(=O)OC)C(C)C)[nH]5)cn4)c4c3C3CCC4N3C)cc2[nH]1)c1ccccc1. The number of nitrogens with zero attached hydrogens (tertiary/aromatic N) is 6. The third-order valence-electron chi connectivity index (χ3n) is 14.3. The number of nitrogens with one attached hydrogen (secondary N) is 4. The van der Waals surface area contributed by atoms with Gasteiger partial charge in [0.2, 0.25) is 5.91 Å². The number of aromatic amines is 2. The number of hydrogen-bond acceptors (Lipinski definition) is 10. The maximum absolute atomic E-state index is 14.2. The van der Waals surface area contributed by atoms with Crippen molar-refractivity contribution in [3.63, 3.8) is 0 Å². The molecule has 4 amide bonds. The minimum Gasteiger partial charge on any atom is -0.453 e. The lowest BCUT2D eigenvalue weighted by Crippen LogP contribution is -2.51. The quantitative estimate of drug-likeness (QED) is 0.0984. The highest BCUT2D eigenvalue weighted by Crippen LogP contribution is 2.57. The molecule has 3 saturated heterocycles. The van der Waals surface area contributed by atoms with Crippen LogP contribution < -0.4 is 10.6 Å². The Labute approximate surface area is 388 Å². The maximum Gasteiger partial charge on any atom is 0.407 e. The second-order valence-corrected chi connectivity index (χ2v) is 18.4. The summed E-state index contributed by atoms with van der Waals surface area (Å²) in [6, 6.07) is 22.7. The fraction of sp³-hybridized carbons (Fsp3) is 0.392. The van der Waals surface area contributed by atoms with Crippen LogP contribution in [0.1, 0.15) is 111 Å². The Morgan fingerprint density at radius 3 is 2.03 bits per heavy atom. The lowest BCUT2D eigenvalue weighted by atomic mass is 9.82. The zero-order valence-electron chi connectivity index (χ0n) is 38.4. The Morgan fingerprint density at radius 2 is 1.34 bits per heavy atom. The summed E-state index contributed by atoms with van der Waals surface area (Å²) in [6.45, 7) is 4.95. The fourth-order valence-electron chi connectivity index (χ4n) is 11.0. The highest BCUT2D eigenvalue weighted by atomic mass is 16.5. The first kappa shape index (κ1) is 43.8. The normalized spacial score (nSPS) is 20.9. The predicted molar refractivity (Wildman–Crippen MR) is 251 cm³/mol. The molecular formula is C51H56N10O6. The van der Waals surface area contributed by atoms with Gasteiger partial charge in [0, 0.05) is 42.5 Å². The molecule has 16 heteroatoms. The number of pyridine rings is 1. The molecule has 0 radical (unpaired) electrons. The number of ether oxygens (including phenoxy) is 2. The summed E-state index contributed by atoms with van der Waals surface area (Å²) in [6.07, 6.45) is 7.73. The van der Waals surface area contributed by atoms with E-state index >= 15 is 0 Å². The lowest BCUT2D eigenvalue weighted by molar-refractivity contribution is -0.135. The fourth-order valence-corrected chi connectivity index (χ4v) is 11.0. The van der Waals surface area contributed by atoms with Crippen molar-refractivity contribution < 1.29 is 28.7 Å². The van der Waals surface area contributed by atoms with Gasteiger partial charge in [-0.3, -0.25) is 19.5 Å². The van der Waals surface area contributed by atoms with Gasteiger partial charge in [-0.1, -0.05) is 62.4 Å². The minimum absolute atomic E-state index is 0.118. The number of likely N-dealkylation sites (tertiary alicyclic amines) is 2. The van der Waals surface area contributed by atoms with Gasteiger partial charge >= 0.3 is 12.2 Å². The molecule has 4 aliphatic heterocycles. The van der Waals surface area contributed by atoms with E-state index in [0.29, 0.717) is 24.5 Å².